The van der Waals surface area contributed by atoms with E-state index in [1.165, 1.54) is 96.3 Å². The van der Waals surface area contributed by atoms with Crippen LogP contribution in [0.1, 0.15) is 194 Å². The molecule has 0 aliphatic heterocycles. The Labute approximate surface area is 316 Å². The Balaban J connectivity index is 4.32. The summed E-state index contributed by atoms with van der Waals surface area (Å²) in [5.74, 6) is -2.38. The Kier molecular flexibility index (Phi) is 35.0. The number of allylic oxidation sites excluding steroid dienone is 2. The summed E-state index contributed by atoms with van der Waals surface area (Å²) >= 11 is 0. The number of ether oxygens (including phenoxy) is 2. The number of phosphoric ester groups is 1. The molecule has 0 aliphatic rings. The van der Waals surface area contributed by atoms with Gasteiger partial charge in [-0.2, -0.15) is 0 Å². The number of esters is 2. The van der Waals surface area contributed by atoms with E-state index in [1.807, 2.05) is 0 Å². The van der Waals surface area contributed by atoms with Crippen LogP contribution in [0.4, 0.5) is 0 Å². The summed E-state index contributed by atoms with van der Waals surface area (Å²) in [5, 5.41) is 8.86. The van der Waals surface area contributed by atoms with Gasteiger partial charge in [-0.1, -0.05) is 161 Å². The molecule has 0 rings (SSSR count). The normalized spacial score (nSPS) is 13.9. The fraction of sp³-hybridized carbons (Fsp3) is 0.875. The highest BCUT2D eigenvalue weighted by Gasteiger charge is 2.28. The van der Waals surface area contributed by atoms with Crippen molar-refractivity contribution in [2.45, 2.75) is 206 Å². The summed E-state index contributed by atoms with van der Waals surface area (Å²) in [4.78, 5) is 45.8. The average Bonchev–Trinajstić information content (AvgIpc) is 3.12. The van der Waals surface area contributed by atoms with E-state index in [-0.39, 0.29) is 19.4 Å². The van der Waals surface area contributed by atoms with Gasteiger partial charge in [0.2, 0.25) is 0 Å². The van der Waals surface area contributed by atoms with Crippen molar-refractivity contribution in [2.24, 2.45) is 5.73 Å². The fourth-order valence-electron chi connectivity index (χ4n) is 5.69. The summed E-state index contributed by atoms with van der Waals surface area (Å²) in [6, 6.07) is -1.52. The largest absolute Gasteiger partial charge is 0.480 e. The lowest BCUT2D eigenvalue weighted by Gasteiger charge is -2.20. The highest BCUT2D eigenvalue weighted by molar-refractivity contribution is 7.47. The quantitative estimate of drug-likeness (QED) is 0.0235. The number of carbonyl (C=O) groups excluding carboxylic acids is 2. The Morgan fingerprint density at radius 2 is 0.981 bits per heavy atom. The molecule has 0 fully saturated rings. The van der Waals surface area contributed by atoms with E-state index in [1.54, 1.807) is 0 Å². The molecule has 0 aliphatic carbocycles. The lowest BCUT2D eigenvalue weighted by molar-refractivity contribution is -0.161. The van der Waals surface area contributed by atoms with Crippen molar-refractivity contribution >= 4 is 25.7 Å². The molecule has 0 aromatic rings. The second kappa shape index (κ2) is 36.2. The van der Waals surface area contributed by atoms with Crippen LogP contribution >= 0.6 is 7.82 Å². The van der Waals surface area contributed by atoms with Crippen LogP contribution in [0.25, 0.3) is 0 Å². The highest BCUT2D eigenvalue weighted by Crippen LogP contribution is 2.43. The topological polar surface area (TPSA) is 172 Å². The van der Waals surface area contributed by atoms with Gasteiger partial charge in [0, 0.05) is 12.8 Å². The number of aliphatic carboxylic acids is 1. The van der Waals surface area contributed by atoms with Gasteiger partial charge in [0.1, 0.15) is 12.6 Å². The zero-order valence-electron chi connectivity index (χ0n) is 32.9. The number of rotatable bonds is 39. The molecule has 0 aromatic carbocycles. The number of carbonyl (C=O) groups is 3. The van der Waals surface area contributed by atoms with Gasteiger partial charge in [0.25, 0.3) is 0 Å². The van der Waals surface area contributed by atoms with Crippen molar-refractivity contribution in [3.8, 4) is 0 Å². The van der Waals surface area contributed by atoms with E-state index >= 15 is 0 Å². The predicted molar refractivity (Wildman–Crippen MR) is 208 cm³/mol. The Bertz CT molecular complexity index is 947. The van der Waals surface area contributed by atoms with E-state index in [9.17, 15) is 23.8 Å². The van der Waals surface area contributed by atoms with Gasteiger partial charge in [0.05, 0.1) is 13.2 Å². The van der Waals surface area contributed by atoms with E-state index in [4.69, 9.17) is 24.8 Å². The standard InChI is InChI=1S/C40H76NO10P/c1-3-5-7-9-11-13-15-16-17-18-19-20-22-23-25-27-29-31-38(42)48-33-36(34-49-52(46,47)50-35-37(41)40(44)45)51-39(43)32-30-28-26-24-21-14-12-10-8-6-4-2/h10,12,36-37H,3-9,11,13-35,41H2,1-2H3,(H,44,45)(H,46,47)/b12-10+/t36-,37+/m0/s1. The lowest BCUT2D eigenvalue weighted by atomic mass is 10.0. The Morgan fingerprint density at radius 3 is 1.46 bits per heavy atom. The summed E-state index contributed by atoms with van der Waals surface area (Å²) < 4.78 is 32.6. The molecule has 12 heteroatoms. The number of unbranched alkanes of at least 4 members (excludes halogenated alkanes) is 23. The van der Waals surface area contributed by atoms with Crippen LogP contribution in [-0.2, 0) is 37.5 Å². The zero-order valence-corrected chi connectivity index (χ0v) is 33.8. The smallest absolute Gasteiger partial charge is 0.472 e. The number of carboxylic acids is 1. The van der Waals surface area contributed by atoms with Gasteiger partial charge in [-0.25, -0.2) is 4.57 Å². The SMILES string of the molecule is CCCC/C=C/CCCCCCCC(=O)O[C@@H](COC(=O)CCCCCCCCCCCCCCCCCCC)COP(=O)(O)OC[C@@H](N)C(=O)O. The number of hydrogen-bond acceptors (Lipinski definition) is 9. The Morgan fingerprint density at radius 1 is 0.577 bits per heavy atom. The third-order valence-electron chi connectivity index (χ3n) is 9.01. The highest BCUT2D eigenvalue weighted by atomic mass is 31.2. The van der Waals surface area contributed by atoms with E-state index in [0.717, 1.165) is 57.8 Å². The van der Waals surface area contributed by atoms with Crippen molar-refractivity contribution < 1.29 is 47.5 Å². The summed E-state index contributed by atoms with van der Waals surface area (Å²) in [6.07, 6.45) is 34.3. The molecule has 0 amide bonds. The van der Waals surface area contributed by atoms with Crippen molar-refractivity contribution in [1.29, 1.82) is 0 Å². The van der Waals surface area contributed by atoms with E-state index in [2.05, 4.69) is 30.5 Å². The molecule has 3 atom stereocenters. The molecule has 0 radical (unpaired) electrons. The molecule has 4 N–H and O–H groups in total. The van der Waals surface area contributed by atoms with Gasteiger partial charge < -0.3 is 25.2 Å². The first kappa shape index (κ1) is 50.2. The zero-order chi connectivity index (χ0) is 38.5. The van der Waals surface area contributed by atoms with Gasteiger partial charge in [-0.05, 0) is 32.1 Å². The minimum Gasteiger partial charge on any atom is -0.480 e. The van der Waals surface area contributed by atoms with Crippen LogP contribution in [-0.4, -0.2) is 59.9 Å². The molecule has 306 valence electrons. The minimum atomic E-state index is -4.71. The lowest BCUT2D eigenvalue weighted by Crippen LogP contribution is -2.34. The number of nitrogens with two attached hydrogens (primary N) is 1. The average molecular weight is 762 g/mol. The number of phosphoric acid groups is 1. The third-order valence-corrected chi connectivity index (χ3v) is 9.96. The number of carboxylic acid groups (broad SMARTS) is 1. The first-order valence-corrected chi connectivity index (χ1v) is 22.2. The van der Waals surface area contributed by atoms with Gasteiger partial charge >= 0.3 is 25.7 Å². The maximum Gasteiger partial charge on any atom is 0.472 e. The van der Waals surface area contributed by atoms with Crippen LogP contribution < -0.4 is 5.73 Å². The molecule has 0 bridgehead atoms. The molecule has 0 saturated heterocycles. The molecule has 0 saturated carbocycles. The van der Waals surface area contributed by atoms with Crippen LogP contribution in [0.15, 0.2) is 12.2 Å². The first-order chi connectivity index (χ1) is 25.1. The summed E-state index contributed by atoms with van der Waals surface area (Å²) in [6.45, 7) is 2.76. The first-order valence-electron chi connectivity index (χ1n) is 20.7. The molecule has 52 heavy (non-hydrogen) atoms. The minimum absolute atomic E-state index is 0.154. The number of hydrogen-bond donors (Lipinski definition) is 3. The van der Waals surface area contributed by atoms with E-state index < -0.39 is 51.1 Å². The van der Waals surface area contributed by atoms with Gasteiger partial charge in [-0.15, -0.1) is 0 Å². The van der Waals surface area contributed by atoms with Crippen LogP contribution in [0.2, 0.25) is 0 Å². The molecular weight excluding hydrogens is 685 g/mol. The monoisotopic (exact) mass is 762 g/mol. The predicted octanol–water partition coefficient (Wildman–Crippen LogP) is 10.5. The van der Waals surface area contributed by atoms with Crippen molar-refractivity contribution in [3.05, 3.63) is 12.2 Å². The second-order valence-electron chi connectivity index (χ2n) is 14.1. The van der Waals surface area contributed by atoms with Gasteiger partial charge in [-0.3, -0.25) is 23.4 Å². The van der Waals surface area contributed by atoms with Crippen LogP contribution in [0, 0.1) is 0 Å². The maximum atomic E-state index is 12.5. The molecule has 0 aromatic heterocycles. The summed E-state index contributed by atoms with van der Waals surface area (Å²) in [5.41, 5.74) is 5.32. The molecular formula is C40H76NO10P. The van der Waals surface area contributed by atoms with Crippen molar-refractivity contribution in [3.63, 3.8) is 0 Å². The van der Waals surface area contributed by atoms with Crippen LogP contribution in [0.5, 0.6) is 0 Å². The second-order valence-corrected chi connectivity index (χ2v) is 15.6. The molecule has 0 spiro atoms. The summed E-state index contributed by atoms with van der Waals surface area (Å²) in [7, 11) is -4.71. The maximum absolute atomic E-state index is 12.5. The van der Waals surface area contributed by atoms with E-state index in [0.29, 0.717) is 12.8 Å². The Hall–Kier alpha value is -1.78. The van der Waals surface area contributed by atoms with Gasteiger partial charge in [0.15, 0.2) is 6.10 Å². The van der Waals surface area contributed by atoms with Crippen molar-refractivity contribution in [1.82, 2.24) is 0 Å². The third kappa shape index (κ3) is 35.3. The van der Waals surface area contributed by atoms with Crippen LogP contribution in [0.3, 0.4) is 0 Å². The molecule has 1 unspecified atom stereocenters. The van der Waals surface area contributed by atoms with Crippen molar-refractivity contribution in [2.75, 3.05) is 19.8 Å². The molecule has 0 heterocycles. The fourth-order valence-corrected chi connectivity index (χ4v) is 6.47. The molecule has 11 nitrogen and oxygen atoms in total.